The van der Waals surface area contributed by atoms with Crippen LogP contribution in [-0.2, 0) is 16.0 Å². The molecule has 4 amide bonds. The number of hydrogen-bond donors (Lipinski definition) is 1. The first-order chi connectivity index (χ1) is 16.7. The number of anilines is 1. The minimum atomic E-state index is -0.806. The molecule has 6 nitrogen and oxygen atoms in total. The van der Waals surface area contributed by atoms with Crippen molar-refractivity contribution >= 4 is 45.5 Å². The van der Waals surface area contributed by atoms with Gasteiger partial charge in [-0.2, -0.15) is 0 Å². The predicted molar refractivity (Wildman–Crippen MR) is 135 cm³/mol. The van der Waals surface area contributed by atoms with Crippen LogP contribution in [0.5, 0.6) is 5.75 Å². The number of barbiturate groups is 1. The Morgan fingerprint density at radius 1 is 1.03 bits per heavy atom. The fraction of sp³-hybridized carbons (Fsp3) is 0.148. The zero-order valence-corrected chi connectivity index (χ0v) is 20.9. The number of nitrogens with one attached hydrogen (secondary N) is 1. The third kappa shape index (κ3) is 4.88. The fourth-order valence-electron chi connectivity index (χ4n) is 3.82. The smallest absolute Gasteiger partial charge is 0.335 e. The van der Waals surface area contributed by atoms with Crippen LogP contribution < -0.4 is 15.0 Å². The molecular weight excluding hydrogens is 515 g/mol. The van der Waals surface area contributed by atoms with Gasteiger partial charge in [-0.1, -0.05) is 40.2 Å². The van der Waals surface area contributed by atoms with Crippen molar-refractivity contribution in [3.05, 3.63) is 98.3 Å². The van der Waals surface area contributed by atoms with Crippen LogP contribution >= 0.6 is 15.9 Å². The molecule has 178 valence electrons. The lowest BCUT2D eigenvalue weighted by Gasteiger charge is -2.27. The van der Waals surface area contributed by atoms with Gasteiger partial charge in [-0.3, -0.25) is 14.9 Å². The van der Waals surface area contributed by atoms with Gasteiger partial charge >= 0.3 is 6.03 Å². The Morgan fingerprint density at radius 3 is 2.46 bits per heavy atom. The van der Waals surface area contributed by atoms with Crippen molar-refractivity contribution in [3.63, 3.8) is 0 Å². The van der Waals surface area contributed by atoms with Crippen LogP contribution in [0.1, 0.15) is 27.8 Å². The first-order valence-corrected chi connectivity index (χ1v) is 11.6. The number of carbonyl (C=O) groups excluding carboxylic acids is 3. The Morgan fingerprint density at radius 2 is 1.77 bits per heavy atom. The standard InChI is InChI=1S/C27H22BrFN2O4/c1-15-8-9-19(10-16(15)2)31-26(33)21(25(32)30-27(31)34)11-17-12-22(28)20(24(13-17)35-3)14-18-6-4-5-7-23(18)29/h4-13H,14H2,1-3H3,(H,30,32,34)/b21-11+. The summed E-state index contributed by atoms with van der Waals surface area (Å²) < 4.78 is 20.3. The quantitative estimate of drug-likeness (QED) is 0.346. The number of urea groups is 1. The van der Waals surface area contributed by atoms with Gasteiger partial charge in [-0.15, -0.1) is 0 Å². The Hall–Kier alpha value is -3.78. The van der Waals surface area contributed by atoms with Gasteiger partial charge in [-0.05, 0) is 72.5 Å². The van der Waals surface area contributed by atoms with Crippen molar-refractivity contribution in [2.24, 2.45) is 0 Å². The molecule has 3 aromatic rings. The number of methoxy groups -OCH3 is 1. The summed E-state index contributed by atoms with van der Waals surface area (Å²) in [6.07, 6.45) is 1.68. The fourth-order valence-corrected chi connectivity index (χ4v) is 4.42. The molecule has 1 aliphatic rings. The van der Waals surface area contributed by atoms with E-state index < -0.39 is 17.8 Å². The van der Waals surface area contributed by atoms with Gasteiger partial charge in [0.2, 0.25) is 0 Å². The van der Waals surface area contributed by atoms with E-state index in [0.29, 0.717) is 32.6 Å². The molecule has 0 unspecified atom stereocenters. The highest BCUT2D eigenvalue weighted by atomic mass is 79.9. The summed E-state index contributed by atoms with van der Waals surface area (Å²) in [4.78, 5) is 39.2. The van der Waals surface area contributed by atoms with Gasteiger partial charge in [0.15, 0.2) is 0 Å². The maximum atomic E-state index is 14.2. The first-order valence-electron chi connectivity index (χ1n) is 10.8. The number of halogens is 2. The van der Waals surface area contributed by atoms with Crippen molar-refractivity contribution in [3.8, 4) is 5.75 Å². The molecule has 0 bridgehead atoms. The van der Waals surface area contributed by atoms with E-state index in [1.807, 2.05) is 13.8 Å². The number of carbonyl (C=O) groups is 3. The highest BCUT2D eigenvalue weighted by molar-refractivity contribution is 9.10. The molecule has 4 rings (SSSR count). The summed E-state index contributed by atoms with van der Waals surface area (Å²) in [6, 6.07) is 14.2. The second kappa shape index (κ2) is 9.84. The summed E-state index contributed by atoms with van der Waals surface area (Å²) in [5.74, 6) is -1.38. The summed E-state index contributed by atoms with van der Waals surface area (Å²) in [5.41, 5.74) is 3.81. The van der Waals surface area contributed by atoms with Crippen LogP contribution in [0, 0.1) is 19.7 Å². The summed E-state index contributed by atoms with van der Waals surface area (Å²) in [5, 5.41) is 2.23. The maximum Gasteiger partial charge on any atom is 0.335 e. The van der Waals surface area contributed by atoms with Crippen molar-refractivity contribution in [2.45, 2.75) is 20.3 Å². The van der Waals surface area contributed by atoms with E-state index in [-0.39, 0.29) is 17.8 Å². The molecule has 35 heavy (non-hydrogen) atoms. The number of aryl methyl sites for hydroxylation is 2. The van der Waals surface area contributed by atoms with Crippen molar-refractivity contribution in [1.82, 2.24) is 5.32 Å². The molecule has 1 aliphatic heterocycles. The Balaban J connectivity index is 1.72. The second-order valence-electron chi connectivity index (χ2n) is 8.18. The lowest BCUT2D eigenvalue weighted by Crippen LogP contribution is -2.54. The number of ether oxygens (including phenoxy) is 1. The third-order valence-electron chi connectivity index (χ3n) is 5.88. The molecule has 1 fully saturated rings. The highest BCUT2D eigenvalue weighted by Crippen LogP contribution is 2.33. The largest absolute Gasteiger partial charge is 0.496 e. The van der Waals surface area contributed by atoms with Crippen LogP contribution in [0.15, 0.2) is 64.6 Å². The van der Waals surface area contributed by atoms with Gasteiger partial charge < -0.3 is 4.74 Å². The molecule has 0 saturated carbocycles. The SMILES string of the molecule is COc1cc(/C=C2\C(=O)NC(=O)N(c3ccc(C)c(C)c3)C2=O)cc(Br)c1Cc1ccccc1F. The number of nitrogens with zero attached hydrogens (tertiary/aromatic N) is 1. The summed E-state index contributed by atoms with van der Waals surface area (Å²) in [6.45, 7) is 3.80. The zero-order chi connectivity index (χ0) is 25.3. The monoisotopic (exact) mass is 536 g/mol. The topological polar surface area (TPSA) is 75.7 Å². The highest BCUT2D eigenvalue weighted by Gasteiger charge is 2.37. The van der Waals surface area contributed by atoms with Gasteiger partial charge in [0.05, 0.1) is 12.8 Å². The first kappa shape index (κ1) is 24.3. The van der Waals surface area contributed by atoms with Gasteiger partial charge in [0.25, 0.3) is 11.8 Å². The number of amides is 4. The average molecular weight is 537 g/mol. The molecule has 0 aromatic heterocycles. The van der Waals surface area contributed by atoms with E-state index in [0.717, 1.165) is 16.0 Å². The van der Waals surface area contributed by atoms with Crippen molar-refractivity contribution < 1.29 is 23.5 Å². The molecule has 1 heterocycles. The van der Waals surface area contributed by atoms with Crippen LogP contribution in [0.3, 0.4) is 0 Å². The number of rotatable bonds is 5. The lowest BCUT2D eigenvalue weighted by atomic mass is 10.00. The zero-order valence-electron chi connectivity index (χ0n) is 19.3. The van der Waals surface area contributed by atoms with E-state index in [9.17, 15) is 18.8 Å². The van der Waals surface area contributed by atoms with Crippen LogP contribution in [-0.4, -0.2) is 25.0 Å². The normalized spacial score (nSPS) is 14.9. The third-order valence-corrected chi connectivity index (χ3v) is 6.59. The van der Waals surface area contributed by atoms with Gasteiger partial charge in [0, 0.05) is 16.5 Å². The molecule has 1 saturated heterocycles. The van der Waals surface area contributed by atoms with Crippen molar-refractivity contribution in [1.29, 1.82) is 0 Å². The molecule has 3 aromatic carbocycles. The van der Waals surface area contributed by atoms with Crippen molar-refractivity contribution in [2.75, 3.05) is 12.0 Å². The van der Waals surface area contributed by atoms with Gasteiger partial charge in [-0.25, -0.2) is 14.1 Å². The maximum absolute atomic E-state index is 14.2. The Bertz CT molecular complexity index is 1400. The van der Waals surface area contributed by atoms with Crippen LogP contribution in [0.2, 0.25) is 0 Å². The second-order valence-corrected chi connectivity index (χ2v) is 9.03. The van der Waals surface area contributed by atoms with Gasteiger partial charge in [0.1, 0.15) is 17.1 Å². The molecule has 0 spiro atoms. The summed E-state index contributed by atoms with van der Waals surface area (Å²) in [7, 11) is 1.49. The lowest BCUT2D eigenvalue weighted by molar-refractivity contribution is -0.122. The molecule has 0 aliphatic carbocycles. The van der Waals surface area contributed by atoms with E-state index >= 15 is 0 Å². The Labute approximate surface area is 210 Å². The van der Waals surface area contributed by atoms with E-state index in [2.05, 4.69) is 21.2 Å². The molecule has 0 radical (unpaired) electrons. The Kier molecular flexibility index (Phi) is 6.84. The average Bonchev–Trinajstić information content (AvgIpc) is 2.81. The number of benzene rings is 3. The van der Waals surface area contributed by atoms with E-state index in [1.165, 1.54) is 19.3 Å². The van der Waals surface area contributed by atoms with E-state index in [1.54, 1.807) is 48.5 Å². The predicted octanol–water partition coefficient (Wildman–Crippen LogP) is 5.47. The number of imide groups is 2. The number of hydrogen-bond acceptors (Lipinski definition) is 4. The summed E-state index contributed by atoms with van der Waals surface area (Å²) >= 11 is 3.51. The van der Waals surface area contributed by atoms with E-state index in [4.69, 9.17) is 4.74 Å². The minimum absolute atomic E-state index is 0.196. The minimum Gasteiger partial charge on any atom is -0.496 e. The molecule has 0 atom stereocenters. The molecule has 8 heteroatoms. The molecule has 1 N–H and O–H groups in total. The van der Waals surface area contributed by atoms with Crippen LogP contribution in [0.25, 0.3) is 6.08 Å². The van der Waals surface area contributed by atoms with Crippen LogP contribution in [0.4, 0.5) is 14.9 Å². The molecular formula is C27H22BrFN2O4.